The molecule has 0 unspecified atom stereocenters. The second-order valence-corrected chi connectivity index (χ2v) is 26.1. The number of nitrogens with zero attached hydrogens (tertiary/aromatic N) is 6. The van der Waals surface area contributed by atoms with E-state index in [0.717, 1.165) is 71.5 Å². The number of aromatic nitrogens is 2. The van der Waals surface area contributed by atoms with Crippen LogP contribution in [0, 0.1) is 5.82 Å². The van der Waals surface area contributed by atoms with Crippen LogP contribution in [-0.2, 0) is 54.0 Å². The summed E-state index contributed by atoms with van der Waals surface area (Å²) < 4.78 is 75.0. The van der Waals surface area contributed by atoms with Crippen molar-refractivity contribution in [1.29, 1.82) is 0 Å². The molecule has 2 aromatic heterocycles. The molecule has 4 aliphatic rings. The summed E-state index contributed by atoms with van der Waals surface area (Å²) >= 11 is 0. The molecular formula is C71H80F4N6O4. The number of pyridine rings is 2. The largest absolute Gasteiger partial charge is 0.473 e. The molecule has 12 rings (SSSR count). The molecule has 0 spiro atoms. The third-order valence-electron chi connectivity index (χ3n) is 15.4. The van der Waals surface area contributed by atoms with Crippen LogP contribution in [0.4, 0.5) is 40.4 Å². The Morgan fingerprint density at radius 1 is 0.365 bits per heavy atom. The number of anilines is 4. The van der Waals surface area contributed by atoms with Crippen molar-refractivity contribution in [3.63, 3.8) is 0 Å². The minimum absolute atomic E-state index is 0.00745. The van der Waals surface area contributed by atoms with Crippen LogP contribution in [0.2, 0.25) is 0 Å². The van der Waals surface area contributed by atoms with Crippen LogP contribution in [0.25, 0.3) is 0 Å². The molecule has 4 aliphatic heterocycles. The van der Waals surface area contributed by atoms with Gasteiger partial charge in [0.2, 0.25) is 0 Å². The highest BCUT2D eigenvalue weighted by Crippen LogP contribution is 2.38. The van der Waals surface area contributed by atoms with Gasteiger partial charge < -0.3 is 38.5 Å². The van der Waals surface area contributed by atoms with E-state index in [2.05, 4.69) is 174 Å². The Morgan fingerprint density at radius 3 is 1.15 bits per heavy atom. The van der Waals surface area contributed by atoms with E-state index in [1.165, 1.54) is 63.2 Å². The third-order valence-corrected chi connectivity index (χ3v) is 15.4. The number of alkyl halides is 3. The van der Waals surface area contributed by atoms with Gasteiger partial charge in [0.15, 0.2) is 26.9 Å². The first kappa shape index (κ1) is 61.3. The number of fused-ring (bicyclic) bond motifs is 4. The summed E-state index contributed by atoms with van der Waals surface area (Å²) in [5.74, 6) is 4.47. The van der Waals surface area contributed by atoms with E-state index in [9.17, 15) is 17.6 Å². The third kappa shape index (κ3) is 15.7. The van der Waals surface area contributed by atoms with Gasteiger partial charge in [0.05, 0.1) is 24.0 Å². The summed E-state index contributed by atoms with van der Waals surface area (Å²) in [5.41, 5.74) is 12.2. The fraction of sp³-hybridized carbons (Fsp3) is 0.352. The number of hydrogen-bond donors (Lipinski definition) is 0. The maximum absolute atomic E-state index is 13.0. The van der Waals surface area contributed by atoms with Crippen molar-refractivity contribution >= 4 is 22.9 Å². The van der Waals surface area contributed by atoms with Crippen molar-refractivity contribution in [2.45, 2.75) is 137 Å². The number of rotatable bonds is 4. The fourth-order valence-corrected chi connectivity index (χ4v) is 10.1. The monoisotopic (exact) mass is 1160 g/mol. The summed E-state index contributed by atoms with van der Waals surface area (Å²) in [5, 5.41) is 0. The molecule has 14 heteroatoms. The Hall–Kier alpha value is -8.26. The molecule has 446 valence electrons. The highest BCUT2D eigenvalue weighted by Gasteiger charge is 2.32. The molecule has 10 nitrogen and oxygen atoms in total. The Kier molecular flexibility index (Phi) is 18.1. The van der Waals surface area contributed by atoms with Gasteiger partial charge >= 0.3 is 6.18 Å². The average molecular weight is 1160 g/mol. The molecule has 6 aromatic carbocycles. The summed E-state index contributed by atoms with van der Waals surface area (Å²) in [6.45, 7) is 31.3. The van der Waals surface area contributed by atoms with Crippen molar-refractivity contribution in [2.24, 2.45) is 0 Å². The molecule has 0 aliphatic carbocycles. The van der Waals surface area contributed by atoms with Crippen LogP contribution < -0.4 is 38.5 Å². The van der Waals surface area contributed by atoms with E-state index in [0.29, 0.717) is 32.4 Å². The summed E-state index contributed by atoms with van der Waals surface area (Å²) in [7, 11) is 0. The van der Waals surface area contributed by atoms with Crippen molar-refractivity contribution < 1.29 is 36.5 Å². The van der Waals surface area contributed by atoms with Gasteiger partial charge in [-0.3, -0.25) is 4.98 Å². The van der Waals surface area contributed by atoms with E-state index in [1.807, 2.05) is 53.7 Å². The van der Waals surface area contributed by atoms with Crippen LogP contribution in [0.3, 0.4) is 0 Å². The van der Waals surface area contributed by atoms with E-state index >= 15 is 0 Å². The summed E-state index contributed by atoms with van der Waals surface area (Å²) in [4.78, 5) is 16.8. The number of halogens is 4. The maximum Gasteiger partial charge on any atom is 0.416 e. The minimum Gasteiger partial charge on any atom is -0.473 e. The Labute approximate surface area is 500 Å². The molecular weight excluding hydrogens is 1080 g/mol. The van der Waals surface area contributed by atoms with Gasteiger partial charge in [0, 0.05) is 65.7 Å². The lowest BCUT2D eigenvalue weighted by Gasteiger charge is -2.32. The normalized spacial score (nSPS) is 14.7. The van der Waals surface area contributed by atoms with Crippen LogP contribution in [0.1, 0.15) is 133 Å². The zero-order chi connectivity index (χ0) is 60.9. The topological polar surface area (TPSA) is 75.7 Å². The van der Waals surface area contributed by atoms with Gasteiger partial charge in [-0.25, -0.2) is 9.37 Å². The number of benzene rings is 6. The average Bonchev–Trinajstić information content (AvgIpc) is 3.22. The molecule has 0 bridgehead atoms. The van der Waals surface area contributed by atoms with E-state index in [1.54, 1.807) is 24.4 Å². The second kappa shape index (κ2) is 25.1. The van der Waals surface area contributed by atoms with Crippen molar-refractivity contribution in [3.05, 3.63) is 226 Å². The SMILES string of the molecule is CC(C)(C)c1ccc2c(c1)CN(c1ccc(F)cc1)CO2.CC(C)(C)c1ccc2c(c1)CN(c1cccc(C(F)(F)F)c1)CO2.CC(C)(C)c1ccc2c(c1)CN(c1ccccn1)CO2.CC(C)(C)c1ccc2c(c1)CN(c1cccnc1)CO2. The Balaban J connectivity index is 0.000000136. The molecule has 0 saturated heterocycles. The zero-order valence-corrected chi connectivity index (χ0v) is 51.2. The maximum atomic E-state index is 13.0. The molecule has 0 atom stereocenters. The molecule has 0 radical (unpaired) electrons. The Bertz CT molecular complexity index is 3420. The number of ether oxygens (including phenoxy) is 4. The van der Waals surface area contributed by atoms with E-state index in [4.69, 9.17) is 18.9 Å². The number of hydrogen-bond acceptors (Lipinski definition) is 10. The van der Waals surface area contributed by atoms with Crippen LogP contribution in [0.5, 0.6) is 23.0 Å². The zero-order valence-electron chi connectivity index (χ0n) is 51.2. The summed E-state index contributed by atoms with van der Waals surface area (Å²) in [6, 6.07) is 47.4. The van der Waals surface area contributed by atoms with Crippen LogP contribution >= 0.6 is 0 Å². The molecule has 0 fully saturated rings. The second-order valence-electron chi connectivity index (χ2n) is 26.1. The lowest BCUT2D eigenvalue weighted by Crippen LogP contribution is -2.32. The molecule has 85 heavy (non-hydrogen) atoms. The predicted molar refractivity (Wildman–Crippen MR) is 334 cm³/mol. The van der Waals surface area contributed by atoms with Crippen LogP contribution in [-0.4, -0.2) is 36.9 Å². The summed E-state index contributed by atoms with van der Waals surface area (Å²) in [6.07, 6.45) is 1.14. The van der Waals surface area contributed by atoms with Gasteiger partial charge in [-0.2, -0.15) is 13.2 Å². The first-order valence-corrected chi connectivity index (χ1v) is 28.9. The molecule has 0 N–H and O–H groups in total. The van der Waals surface area contributed by atoms with Crippen molar-refractivity contribution in [1.82, 2.24) is 9.97 Å². The van der Waals surface area contributed by atoms with Crippen LogP contribution in [0.15, 0.2) is 170 Å². The highest BCUT2D eigenvalue weighted by atomic mass is 19.4. The Morgan fingerprint density at radius 2 is 0.765 bits per heavy atom. The smallest absolute Gasteiger partial charge is 0.416 e. The van der Waals surface area contributed by atoms with Gasteiger partial charge in [0.25, 0.3) is 0 Å². The quantitative estimate of drug-likeness (QED) is 0.159. The minimum atomic E-state index is -4.34. The van der Waals surface area contributed by atoms with Gasteiger partial charge in [-0.15, -0.1) is 0 Å². The lowest BCUT2D eigenvalue weighted by atomic mass is 9.86. The molecule has 8 aromatic rings. The lowest BCUT2D eigenvalue weighted by molar-refractivity contribution is -0.137. The van der Waals surface area contributed by atoms with E-state index < -0.39 is 11.7 Å². The molecule has 0 saturated carbocycles. The first-order chi connectivity index (χ1) is 40.2. The van der Waals surface area contributed by atoms with Crippen molar-refractivity contribution in [2.75, 3.05) is 46.5 Å². The fourth-order valence-electron chi connectivity index (χ4n) is 10.1. The molecule has 6 heterocycles. The van der Waals surface area contributed by atoms with E-state index in [-0.39, 0.29) is 34.2 Å². The standard InChI is InChI=1S/C19H20F3NO.C18H20FNO.2C17H20N2O/c1-18(2,3)14-7-8-17-13(9-14)11-23(12-24-17)16-6-4-5-15(10-16)19(20,21)22;1-18(2,3)14-4-9-17-13(10-14)11-20(12-21-17)16-7-5-15(19)6-8-16;1-17(2,3)14-6-7-16-13(9-14)11-19(12-20-16)15-5-4-8-18-10-15;1-17(2,3)14-7-8-15-13(10-14)11-19(12-20-15)16-6-4-5-9-18-16/h4-10H,11-12H2,1-3H3;4-10H,11-12H2,1-3H3;2*4-10H,11-12H2,1-3H3. The van der Waals surface area contributed by atoms with Gasteiger partial charge in [0.1, 0.15) is 34.6 Å². The highest BCUT2D eigenvalue weighted by molar-refractivity contribution is 5.55. The molecule has 0 amide bonds. The van der Waals surface area contributed by atoms with Crippen molar-refractivity contribution in [3.8, 4) is 23.0 Å². The predicted octanol–water partition coefficient (Wildman–Crippen LogP) is 17.3. The van der Waals surface area contributed by atoms with Gasteiger partial charge in [-0.1, -0.05) is 119 Å². The van der Waals surface area contributed by atoms with Gasteiger partial charge in [-0.05, 0) is 159 Å². The first-order valence-electron chi connectivity index (χ1n) is 28.9.